The standard InChI is InChI=1S/C14H13NO/c1-9(15)10-6-7-14-12(8-10)11-4-2-3-5-13(11)16-14/h2-9H,15H2,1H3/t9-/m0/s1. The predicted octanol–water partition coefficient (Wildman–Crippen LogP) is 3.61. The Morgan fingerprint density at radius 1 is 1.00 bits per heavy atom. The van der Waals surface area contributed by atoms with Gasteiger partial charge >= 0.3 is 0 Å². The maximum absolute atomic E-state index is 5.89. The van der Waals surface area contributed by atoms with Gasteiger partial charge in [-0.3, -0.25) is 0 Å². The summed E-state index contributed by atoms with van der Waals surface area (Å²) in [6.07, 6.45) is 0. The van der Waals surface area contributed by atoms with Gasteiger partial charge in [0.05, 0.1) is 0 Å². The molecule has 0 amide bonds. The third-order valence-corrected chi connectivity index (χ3v) is 2.93. The van der Waals surface area contributed by atoms with E-state index in [4.69, 9.17) is 10.2 Å². The van der Waals surface area contributed by atoms with E-state index in [1.54, 1.807) is 0 Å². The summed E-state index contributed by atoms with van der Waals surface area (Å²) in [4.78, 5) is 0. The summed E-state index contributed by atoms with van der Waals surface area (Å²) < 4.78 is 5.75. The third-order valence-electron chi connectivity index (χ3n) is 2.93. The number of nitrogens with two attached hydrogens (primary N) is 1. The predicted molar refractivity (Wildman–Crippen MR) is 66.3 cm³/mol. The number of fused-ring (bicyclic) bond motifs is 3. The van der Waals surface area contributed by atoms with Crippen molar-refractivity contribution in [1.29, 1.82) is 0 Å². The highest BCUT2D eigenvalue weighted by molar-refractivity contribution is 6.04. The first-order valence-corrected chi connectivity index (χ1v) is 5.42. The number of benzene rings is 2. The molecule has 80 valence electrons. The molecule has 0 unspecified atom stereocenters. The fourth-order valence-electron chi connectivity index (χ4n) is 2.03. The van der Waals surface area contributed by atoms with Crippen LogP contribution in [0.1, 0.15) is 18.5 Å². The molecule has 2 heteroatoms. The molecule has 0 saturated heterocycles. The minimum atomic E-state index is 0.0538. The van der Waals surface area contributed by atoms with Crippen molar-refractivity contribution in [2.75, 3.05) is 0 Å². The Balaban J connectivity index is 2.40. The molecule has 0 aliphatic carbocycles. The van der Waals surface area contributed by atoms with Crippen LogP contribution in [-0.2, 0) is 0 Å². The van der Waals surface area contributed by atoms with Gasteiger partial charge in [0.25, 0.3) is 0 Å². The van der Waals surface area contributed by atoms with Crippen molar-refractivity contribution in [2.45, 2.75) is 13.0 Å². The van der Waals surface area contributed by atoms with Crippen LogP contribution in [0.15, 0.2) is 46.9 Å². The molecule has 1 aromatic heterocycles. The summed E-state index contributed by atoms with van der Waals surface area (Å²) in [6.45, 7) is 1.99. The van der Waals surface area contributed by atoms with Crippen molar-refractivity contribution in [3.8, 4) is 0 Å². The fraction of sp³-hybridized carbons (Fsp3) is 0.143. The SMILES string of the molecule is C[C@H](N)c1ccc2oc3ccccc3c2c1. The van der Waals surface area contributed by atoms with Crippen LogP contribution in [0.25, 0.3) is 21.9 Å². The summed E-state index contributed by atoms with van der Waals surface area (Å²) in [7, 11) is 0. The largest absolute Gasteiger partial charge is 0.456 e. The Kier molecular flexibility index (Phi) is 1.98. The lowest BCUT2D eigenvalue weighted by Gasteiger charge is -2.04. The van der Waals surface area contributed by atoms with E-state index in [1.165, 1.54) is 0 Å². The first kappa shape index (κ1) is 9.43. The van der Waals surface area contributed by atoms with Gasteiger partial charge < -0.3 is 10.2 Å². The summed E-state index contributed by atoms with van der Waals surface area (Å²) in [6, 6.07) is 14.3. The van der Waals surface area contributed by atoms with Gasteiger partial charge in [-0.15, -0.1) is 0 Å². The fourth-order valence-corrected chi connectivity index (χ4v) is 2.03. The highest BCUT2D eigenvalue weighted by Crippen LogP contribution is 2.30. The van der Waals surface area contributed by atoms with E-state index in [0.717, 1.165) is 27.5 Å². The van der Waals surface area contributed by atoms with Crippen molar-refractivity contribution in [3.63, 3.8) is 0 Å². The van der Waals surface area contributed by atoms with E-state index in [9.17, 15) is 0 Å². The monoisotopic (exact) mass is 211 g/mol. The first-order chi connectivity index (χ1) is 7.75. The van der Waals surface area contributed by atoms with Gasteiger partial charge in [0.1, 0.15) is 11.2 Å². The minimum absolute atomic E-state index is 0.0538. The molecule has 0 aliphatic rings. The third kappa shape index (κ3) is 1.31. The molecule has 0 fully saturated rings. The zero-order chi connectivity index (χ0) is 11.1. The van der Waals surface area contributed by atoms with E-state index in [-0.39, 0.29) is 6.04 Å². The van der Waals surface area contributed by atoms with Crippen LogP contribution in [-0.4, -0.2) is 0 Å². The Bertz CT molecular complexity index is 652. The molecule has 3 rings (SSSR count). The van der Waals surface area contributed by atoms with Crippen LogP contribution in [0.4, 0.5) is 0 Å². The van der Waals surface area contributed by atoms with Crippen LogP contribution in [0, 0.1) is 0 Å². The summed E-state index contributed by atoms with van der Waals surface area (Å²) in [5, 5.41) is 2.30. The van der Waals surface area contributed by atoms with Gasteiger partial charge in [0, 0.05) is 16.8 Å². The molecule has 0 bridgehead atoms. The van der Waals surface area contributed by atoms with Gasteiger partial charge in [-0.2, -0.15) is 0 Å². The molecule has 2 N–H and O–H groups in total. The molecule has 2 nitrogen and oxygen atoms in total. The zero-order valence-electron chi connectivity index (χ0n) is 9.10. The van der Waals surface area contributed by atoms with E-state index in [2.05, 4.69) is 12.1 Å². The average molecular weight is 211 g/mol. The van der Waals surface area contributed by atoms with Crippen LogP contribution >= 0.6 is 0 Å². The van der Waals surface area contributed by atoms with Gasteiger partial charge in [-0.05, 0) is 30.7 Å². The lowest BCUT2D eigenvalue weighted by molar-refractivity contribution is 0.668. The van der Waals surface area contributed by atoms with Gasteiger partial charge in [0.15, 0.2) is 0 Å². The summed E-state index contributed by atoms with van der Waals surface area (Å²) in [5.41, 5.74) is 8.88. The molecule has 0 aliphatic heterocycles. The molecule has 2 aromatic carbocycles. The topological polar surface area (TPSA) is 39.2 Å². The maximum Gasteiger partial charge on any atom is 0.135 e. The highest BCUT2D eigenvalue weighted by atomic mass is 16.3. The lowest BCUT2D eigenvalue weighted by Crippen LogP contribution is -2.04. The van der Waals surface area contributed by atoms with E-state index in [1.807, 2.05) is 37.3 Å². The van der Waals surface area contributed by atoms with Crippen LogP contribution < -0.4 is 5.73 Å². The lowest BCUT2D eigenvalue weighted by atomic mass is 10.1. The van der Waals surface area contributed by atoms with Crippen molar-refractivity contribution < 1.29 is 4.42 Å². The number of para-hydroxylation sites is 1. The van der Waals surface area contributed by atoms with Crippen molar-refractivity contribution in [2.24, 2.45) is 5.73 Å². The van der Waals surface area contributed by atoms with Crippen LogP contribution in [0.3, 0.4) is 0 Å². The maximum atomic E-state index is 5.89. The zero-order valence-corrected chi connectivity index (χ0v) is 9.10. The molecular formula is C14H13NO. The Hall–Kier alpha value is -1.80. The molecule has 0 saturated carbocycles. The summed E-state index contributed by atoms with van der Waals surface area (Å²) >= 11 is 0. The minimum Gasteiger partial charge on any atom is -0.456 e. The molecular weight excluding hydrogens is 198 g/mol. The van der Waals surface area contributed by atoms with Gasteiger partial charge in [-0.25, -0.2) is 0 Å². The second kappa shape index (κ2) is 3.35. The van der Waals surface area contributed by atoms with E-state index in [0.29, 0.717) is 0 Å². The van der Waals surface area contributed by atoms with Crippen molar-refractivity contribution in [3.05, 3.63) is 48.0 Å². The normalized spacial score (nSPS) is 13.4. The Labute approximate surface area is 93.7 Å². The van der Waals surface area contributed by atoms with Crippen LogP contribution in [0.5, 0.6) is 0 Å². The Morgan fingerprint density at radius 3 is 2.56 bits per heavy atom. The summed E-state index contributed by atoms with van der Waals surface area (Å²) in [5.74, 6) is 0. The number of hydrogen-bond donors (Lipinski definition) is 1. The number of hydrogen-bond acceptors (Lipinski definition) is 2. The van der Waals surface area contributed by atoms with E-state index < -0.39 is 0 Å². The van der Waals surface area contributed by atoms with Gasteiger partial charge in [0.2, 0.25) is 0 Å². The second-order valence-electron chi connectivity index (χ2n) is 4.14. The molecule has 1 heterocycles. The van der Waals surface area contributed by atoms with Crippen molar-refractivity contribution in [1.82, 2.24) is 0 Å². The highest BCUT2D eigenvalue weighted by Gasteiger charge is 2.07. The molecule has 3 aromatic rings. The Morgan fingerprint density at radius 2 is 1.75 bits per heavy atom. The molecule has 0 spiro atoms. The quantitative estimate of drug-likeness (QED) is 0.667. The number of furan rings is 1. The molecule has 0 radical (unpaired) electrons. The van der Waals surface area contributed by atoms with Crippen LogP contribution in [0.2, 0.25) is 0 Å². The second-order valence-corrected chi connectivity index (χ2v) is 4.14. The molecule has 1 atom stereocenters. The van der Waals surface area contributed by atoms with E-state index >= 15 is 0 Å². The average Bonchev–Trinajstić information content (AvgIpc) is 2.66. The molecule has 16 heavy (non-hydrogen) atoms. The smallest absolute Gasteiger partial charge is 0.135 e. The first-order valence-electron chi connectivity index (χ1n) is 5.42. The number of rotatable bonds is 1. The van der Waals surface area contributed by atoms with Crippen molar-refractivity contribution >= 4 is 21.9 Å². The van der Waals surface area contributed by atoms with Gasteiger partial charge in [-0.1, -0.05) is 24.3 Å².